The highest BCUT2D eigenvalue weighted by Gasteiger charge is 2.04. The van der Waals surface area contributed by atoms with Crippen LogP contribution in [0.1, 0.15) is 16.7 Å². The van der Waals surface area contributed by atoms with Crippen molar-refractivity contribution in [3.8, 4) is 11.5 Å². The Morgan fingerprint density at radius 2 is 1.84 bits per heavy atom. The average Bonchev–Trinajstić information content (AvgIpc) is 2.37. The molecule has 0 amide bonds. The number of rotatable bonds is 4. The second-order valence-electron chi connectivity index (χ2n) is 4.64. The van der Waals surface area contributed by atoms with E-state index in [1.807, 2.05) is 31.3 Å². The van der Waals surface area contributed by atoms with Crippen LogP contribution >= 0.6 is 15.9 Å². The summed E-state index contributed by atoms with van der Waals surface area (Å²) in [6, 6.07) is 12.3. The molecule has 0 fully saturated rings. The molecule has 0 saturated heterocycles. The molecule has 0 heterocycles. The van der Waals surface area contributed by atoms with E-state index in [9.17, 15) is 0 Å². The van der Waals surface area contributed by atoms with Gasteiger partial charge in [-0.1, -0.05) is 28.1 Å². The third kappa shape index (κ3) is 3.58. The lowest BCUT2D eigenvalue weighted by Gasteiger charge is -2.11. The Kier molecular flexibility index (Phi) is 4.61. The summed E-state index contributed by atoms with van der Waals surface area (Å²) in [7, 11) is 1.95. The van der Waals surface area contributed by atoms with Crippen molar-refractivity contribution in [1.82, 2.24) is 5.32 Å². The van der Waals surface area contributed by atoms with Crippen molar-refractivity contribution >= 4 is 15.9 Å². The van der Waals surface area contributed by atoms with E-state index in [-0.39, 0.29) is 0 Å². The summed E-state index contributed by atoms with van der Waals surface area (Å²) in [4.78, 5) is 0. The van der Waals surface area contributed by atoms with Crippen molar-refractivity contribution in [3.05, 3.63) is 57.6 Å². The minimum atomic E-state index is 0.866. The van der Waals surface area contributed by atoms with Gasteiger partial charge < -0.3 is 10.1 Å². The van der Waals surface area contributed by atoms with Crippen molar-refractivity contribution in [2.24, 2.45) is 0 Å². The predicted molar refractivity (Wildman–Crippen MR) is 82.9 cm³/mol. The zero-order valence-electron chi connectivity index (χ0n) is 11.5. The third-order valence-electron chi connectivity index (χ3n) is 2.98. The molecule has 0 spiro atoms. The first-order chi connectivity index (χ1) is 9.10. The Hall–Kier alpha value is -1.32. The van der Waals surface area contributed by atoms with Gasteiger partial charge in [0.1, 0.15) is 11.5 Å². The van der Waals surface area contributed by atoms with E-state index < -0.39 is 0 Å². The van der Waals surface area contributed by atoms with Gasteiger partial charge in [0.25, 0.3) is 0 Å². The molecule has 19 heavy (non-hydrogen) atoms. The number of halogens is 1. The molecule has 0 saturated carbocycles. The first-order valence-electron chi connectivity index (χ1n) is 6.28. The highest BCUT2D eigenvalue weighted by Crippen LogP contribution is 2.28. The van der Waals surface area contributed by atoms with Gasteiger partial charge in [-0.15, -0.1) is 0 Å². The van der Waals surface area contributed by atoms with E-state index in [0.29, 0.717) is 0 Å². The fourth-order valence-corrected chi connectivity index (χ4v) is 2.19. The summed E-state index contributed by atoms with van der Waals surface area (Å²) in [5.74, 6) is 1.77. The number of nitrogens with one attached hydrogen (secondary N) is 1. The highest BCUT2D eigenvalue weighted by molar-refractivity contribution is 9.10. The van der Waals surface area contributed by atoms with Crippen molar-refractivity contribution < 1.29 is 4.74 Å². The number of hydrogen-bond donors (Lipinski definition) is 1. The summed E-state index contributed by atoms with van der Waals surface area (Å²) < 4.78 is 7.03. The maximum Gasteiger partial charge on any atom is 0.130 e. The molecular weight excluding hydrogens is 302 g/mol. The van der Waals surface area contributed by atoms with Crippen LogP contribution in [0, 0.1) is 13.8 Å². The van der Waals surface area contributed by atoms with Crippen molar-refractivity contribution in [2.75, 3.05) is 7.05 Å². The molecule has 1 N–H and O–H groups in total. The molecule has 0 aromatic heterocycles. The monoisotopic (exact) mass is 319 g/mol. The zero-order valence-corrected chi connectivity index (χ0v) is 13.0. The maximum absolute atomic E-state index is 5.94. The first kappa shape index (κ1) is 14.1. The van der Waals surface area contributed by atoms with Gasteiger partial charge >= 0.3 is 0 Å². The van der Waals surface area contributed by atoms with Crippen molar-refractivity contribution in [2.45, 2.75) is 20.4 Å². The van der Waals surface area contributed by atoms with Crippen molar-refractivity contribution in [1.29, 1.82) is 0 Å². The van der Waals surface area contributed by atoms with Crippen LogP contribution in [-0.4, -0.2) is 7.05 Å². The molecule has 2 aromatic rings. The van der Waals surface area contributed by atoms with Crippen LogP contribution in [-0.2, 0) is 6.54 Å². The molecule has 0 atom stereocenters. The molecule has 2 nitrogen and oxygen atoms in total. The molecular formula is C16H18BrNO. The maximum atomic E-state index is 5.94. The lowest BCUT2D eigenvalue weighted by molar-refractivity contribution is 0.478. The minimum absolute atomic E-state index is 0.866. The van der Waals surface area contributed by atoms with Crippen LogP contribution < -0.4 is 10.1 Å². The van der Waals surface area contributed by atoms with Crippen LogP contribution in [0.5, 0.6) is 11.5 Å². The van der Waals surface area contributed by atoms with E-state index in [1.165, 1.54) is 11.1 Å². The second-order valence-corrected chi connectivity index (χ2v) is 5.50. The molecule has 0 unspecified atom stereocenters. The van der Waals surface area contributed by atoms with E-state index in [0.717, 1.165) is 28.1 Å². The second kappa shape index (κ2) is 6.22. The lowest BCUT2D eigenvalue weighted by Crippen LogP contribution is -2.05. The van der Waals surface area contributed by atoms with E-state index in [4.69, 9.17) is 4.74 Å². The van der Waals surface area contributed by atoms with Gasteiger partial charge in [0.15, 0.2) is 0 Å². The average molecular weight is 320 g/mol. The number of benzene rings is 2. The standard InChI is InChI=1S/C16H18BrNO/c1-11-9-14(5-6-15(11)17)19-16-7-4-13(10-18-3)8-12(16)2/h4-9,18H,10H2,1-3H3. The van der Waals surface area contributed by atoms with Crippen LogP contribution in [0.4, 0.5) is 0 Å². The lowest BCUT2D eigenvalue weighted by atomic mass is 10.1. The molecule has 100 valence electrons. The highest BCUT2D eigenvalue weighted by atomic mass is 79.9. The number of hydrogen-bond acceptors (Lipinski definition) is 2. The molecule has 0 aliphatic heterocycles. The number of aryl methyl sites for hydroxylation is 2. The first-order valence-corrected chi connectivity index (χ1v) is 7.07. The van der Waals surface area contributed by atoms with Gasteiger partial charge in [-0.3, -0.25) is 0 Å². The topological polar surface area (TPSA) is 21.3 Å². The van der Waals surface area contributed by atoms with Gasteiger partial charge in [0.2, 0.25) is 0 Å². The SMILES string of the molecule is CNCc1ccc(Oc2ccc(Br)c(C)c2)c(C)c1. The normalized spacial score (nSPS) is 10.5. The van der Waals surface area contributed by atoms with Crippen molar-refractivity contribution in [3.63, 3.8) is 0 Å². The van der Waals surface area contributed by atoms with Crippen LogP contribution in [0.3, 0.4) is 0 Å². The summed E-state index contributed by atoms with van der Waals surface area (Å²) in [5, 5.41) is 3.15. The summed E-state index contributed by atoms with van der Waals surface area (Å²) in [6.07, 6.45) is 0. The van der Waals surface area contributed by atoms with Gasteiger partial charge in [0.05, 0.1) is 0 Å². The predicted octanol–water partition coefficient (Wildman–Crippen LogP) is 4.58. The fraction of sp³-hybridized carbons (Fsp3) is 0.250. The third-order valence-corrected chi connectivity index (χ3v) is 3.87. The van der Waals surface area contributed by atoms with E-state index >= 15 is 0 Å². The summed E-state index contributed by atoms with van der Waals surface area (Å²) in [5.41, 5.74) is 3.58. The Labute approximate surface area is 122 Å². The van der Waals surface area contributed by atoms with Gasteiger partial charge in [-0.2, -0.15) is 0 Å². The Balaban J connectivity index is 2.20. The Morgan fingerprint density at radius 3 is 2.47 bits per heavy atom. The van der Waals surface area contributed by atoms with Gasteiger partial charge in [-0.25, -0.2) is 0 Å². The molecule has 0 aliphatic rings. The molecule has 2 aromatic carbocycles. The molecule has 0 radical (unpaired) electrons. The summed E-state index contributed by atoms with van der Waals surface area (Å²) >= 11 is 3.49. The zero-order chi connectivity index (χ0) is 13.8. The Morgan fingerprint density at radius 1 is 1.05 bits per heavy atom. The Bertz CT molecular complexity index is 581. The quantitative estimate of drug-likeness (QED) is 0.890. The summed E-state index contributed by atoms with van der Waals surface area (Å²) in [6.45, 7) is 5.00. The minimum Gasteiger partial charge on any atom is -0.457 e. The molecule has 0 aliphatic carbocycles. The molecule has 0 bridgehead atoms. The largest absolute Gasteiger partial charge is 0.457 e. The van der Waals surface area contributed by atoms with Gasteiger partial charge in [0, 0.05) is 11.0 Å². The van der Waals surface area contributed by atoms with Crippen LogP contribution in [0.25, 0.3) is 0 Å². The fourth-order valence-electron chi connectivity index (χ4n) is 1.95. The molecule has 2 rings (SSSR count). The number of ether oxygens (including phenoxy) is 1. The van der Waals surface area contributed by atoms with E-state index in [2.05, 4.69) is 47.2 Å². The smallest absolute Gasteiger partial charge is 0.130 e. The molecule has 3 heteroatoms. The van der Waals surface area contributed by atoms with Gasteiger partial charge in [-0.05, 0) is 61.9 Å². The van der Waals surface area contributed by atoms with Crippen LogP contribution in [0.2, 0.25) is 0 Å². The van der Waals surface area contributed by atoms with E-state index in [1.54, 1.807) is 0 Å². The van der Waals surface area contributed by atoms with Crippen LogP contribution in [0.15, 0.2) is 40.9 Å².